The van der Waals surface area contributed by atoms with E-state index < -0.39 is 30.1 Å². The first-order valence-electron chi connectivity index (χ1n) is 6.27. The van der Waals surface area contributed by atoms with Crippen LogP contribution in [0.25, 0.3) is 0 Å². The first kappa shape index (κ1) is 17.3. The lowest BCUT2D eigenvalue weighted by Gasteiger charge is -2.24. The second kappa shape index (κ2) is 6.80. The molecule has 21 heavy (non-hydrogen) atoms. The van der Waals surface area contributed by atoms with E-state index in [0.717, 1.165) is 12.1 Å². The number of halogens is 3. The number of rotatable bonds is 5. The van der Waals surface area contributed by atoms with Gasteiger partial charge in [0.2, 0.25) is 0 Å². The number of benzene rings is 1. The highest BCUT2D eigenvalue weighted by molar-refractivity contribution is 5.73. The minimum absolute atomic E-state index is 0.196. The molecule has 1 N–H and O–H groups in total. The number of methoxy groups -OCH3 is 1. The van der Waals surface area contributed by atoms with Crippen LogP contribution in [-0.2, 0) is 9.53 Å². The van der Waals surface area contributed by atoms with Crippen LogP contribution in [0.15, 0.2) is 24.3 Å². The largest absolute Gasteiger partial charge is 0.573 e. The molecule has 118 valence electrons. The Kier molecular flexibility index (Phi) is 5.60. The van der Waals surface area contributed by atoms with E-state index >= 15 is 0 Å². The van der Waals surface area contributed by atoms with Crippen molar-refractivity contribution in [3.63, 3.8) is 0 Å². The minimum Gasteiger partial charge on any atom is -0.469 e. The molecule has 2 unspecified atom stereocenters. The fourth-order valence-electron chi connectivity index (χ4n) is 1.98. The summed E-state index contributed by atoms with van der Waals surface area (Å²) < 4.78 is 44.5. The van der Waals surface area contributed by atoms with E-state index in [0.29, 0.717) is 5.56 Å². The molecule has 0 aliphatic heterocycles. The normalized spacial score (nSPS) is 14.7. The lowest BCUT2D eigenvalue weighted by molar-refractivity contribution is -0.274. The van der Waals surface area contributed by atoms with Gasteiger partial charge < -0.3 is 14.6 Å². The fraction of sp³-hybridized carbons (Fsp3) is 0.500. The van der Waals surface area contributed by atoms with Crippen LogP contribution in [0.3, 0.4) is 0 Å². The number of carbonyl (C=O) groups excluding carboxylic acids is 1. The molecular weight excluding hydrogens is 289 g/mol. The smallest absolute Gasteiger partial charge is 0.469 e. The number of esters is 1. The molecule has 2 atom stereocenters. The number of aliphatic hydroxyl groups is 1. The molecule has 0 aliphatic carbocycles. The Morgan fingerprint density at radius 2 is 1.71 bits per heavy atom. The molecule has 0 fully saturated rings. The van der Waals surface area contributed by atoms with Gasteiger partial charge in [0.1, 0.15) is 5.75 Å². The van der Waals surface area contributed by atoms with Crippen molar-refractivity contribution in [2.24, 2.45) is 11.8 Å². The Balaban J connectivity index is 2.91. The molecule has 1 aromatic carbocycles. The maximum absolute atomic E-state index is 12.1. The third-order valence-electron chi connectivity index (χ3n) is 2.99. The molecule has 0 aliphatic rings. The van der Waals surface area contributed by atoms with Crippen molar-refractivity contribution in [2.75, 3.05) is 7.11 Å². The van der Waals surface area contributed by atoms with Crippen LogP contribution in [0, 0.1) is 11.8 Å². The molecule has 0 saturated carbocycles. The van der Waals surface area contributed by atoms with Crippen LogP contribution in [0.1, 0.15) is 25.5 Å². The van der Waals surface area contributed by atoms with Crippen molar-refractivity contribution in [3.05, 3.63) is 29.8 Å². The summed E-state index contributed by atoms with van der Waals surface area (Å²) in [6.07, 6.45) is -5.94. The molecule has 0 radical (unpaired) electrons. The summed E-state index contributed by atoms with van der Waals surface area (Å²) in [5.41, 5.74) is 0.314. The average molecular weight is 306 g/mol. The summed E-state index contributed by atoms with van der Waals surface area (Å²) in [6, 6.07) is 4.73. The van der Waals surface area contributed by atoms with Gasteiger partial charge in [-0.15, -0.1) is 13.2 Å². The topological polar surface area (TPSA) is 55.8 Å². The summed E-state index contributed by atoms with van der Waals surface area (Å²) in [5, 5.41) is 10.2. The summed E-state index contributed by atoms with van der Waals surface area (Å²) in [7, 11) is 1.21. The molecule has 1 rings (SSSR count). The predicted octanol–water partition coefficient (Wildman–Crippen LogP) is 3.06. The molecule has 4 nitrogen and oxygen atoms in total. The van der Waals surface area contributed by atoms with Crippen LogP contribution in [-0.4, -0.2) is 24.5 Å². The predicted molar refractivity (Wildman–Crippen MR) is 68.4 cm³/mol. The van der Waals surface area contributed by atoms with Gasteiger partial charge in [0.15, 0.2) is 0 Å². The molecule has 0 aromatic heterocycles. The van der Waals surface area contributed by atoms with E-state index in [9.17, 15) is 23.1 Å². The van der Waals surface area contributed by atoms with Crippen LogP contribution in [0.4, 0.5) is 13.2 Å². The van der Waals surface area contributed by atoms with Gasteiger partial charge in [0, 0.05) is 0 Å². The Bertz CT molecular complexity index is 468. The van der Waals surface area contributed by atoms with Gasteiger partial charge in [-0.3, -0.25) is 4.79 Å². The van der Waals surface area contributed by atoms with E-state index in [1.165, 1.54) is 19.2 Å². The zero-order valence-corrected chi connectivity index (χ0v) is 11.8. The average Bonchev–Trinajstić information content (AvgIpc) is 2.37. The quantitative estimate of drug-likeness (QED) is 0.850. The first-order chi connectivity index (χ1) is 9.65. The third-order valence-corrected chi connectivity index (χ3v) is 2.99. The number of carbonyl (C=O) groups is 1. The number of ether oxygens (including phenoxy) is 2. The fourth-order valence-corrected chi connectivity index (χ4v) is 1.98. The monoisotopic (exact) mass is 306 g/mol. The van der Waals surface area contributed by atoms with Gasteiger partial charge >= 0.3 is 12.3 Å². The molecule has 1 aromatic rings. The van der Waals surface area contributed by atoms with Crippen molar-refractivity contribution in [3.8, 4) is 5.75 Å². The first-order valence-corrected chi connectivity index (χ1v) is 6.27. The van der Waals surface area contributed by atoms with Crippen molar-refractivity contribution >= 4 is 5.97 Å². The Morgan fingerprint density at radius 3 is 2.10 bits per heavy atom. The molecule has 0 amide bonds. The van der Waals surface area contributed by atoms with E-state index in [2.05, 4.69) is 9.47 Å². The van der Waals surface area contributed by atoms with Crippen molar-refractivity contribution in [2.45, 2.75) is 26.3 Å². The van der Waals surface area contributed by atoms with E-state index in [-0.39, 0.29) is 5.92 Å². The van der Waals surface area contributed by atoms with E-state index in [1.807, 2.05) is 0 Å². The van der Waals surface area contributed by atoms with Crippen molar-refractivity contribution in [1.82, 2.24) is 0 Å². The minimum atomic E-state index is -4.77. The second-order valence-corrected chi connectivity index (χ2v) is 4.85. The SMILES string of the molecule is COC(=O)C(C(C)C)C(O)c1ccc(OC(F)(F)F)cc1. The second-order valence-electron chi connectivity index (χ2n) is 4.85. The van der Waals surface area contributed by atoms with Gasteiger partial charge in [-0.2, -0.15) is 0 Å². The van der Waals surface area contributed by atoms with Gasteiger partial charge in [-0.1, -0.05) is 26.0 Å². The Labute approximate surface area is 120 Å². The maximum atomic E-state index is 12.1. The Hall–Kier alpha value is -1.76. The third kappa shape index (κ3) is 4.93. The number of aliphatic hydroxyl groups excluding tert-OH is 1. The number of alkyl halides is 3. The van der Waals surface area contributed by atoms with Gasteiger partial charge in [-0.25, -0.2) is 0 Å². The molecule has 0 saturated heterocycles. The number of hydrogen-bond acceptors (Lipinski definition) is 4. The summed E-state index contributed by atoms with van der Waals surface area (Å²) in [5.74, 6) is -1.96. The molecule has 0 heterocycles. The van der Waals surface area contributed by atoms with Gasteiger partial charge in [0.05, 0.1) is 19.1 Å². The highest BCUT2D eigenvalue weighted by Gasteiger charge is 2.33. The van der Waals surface area contributed by atoms with Crippen molar-refractivity contribution < 1.29 is 32.5 Å². The summed E-state index contributed by atoms with van der Waals surface area (Å²) in [6.45, 7) is 3.48. The maximum Gasteiger partial charge on any atom is 0.573 e. The van der Waals surface area contributed by atoms with Gasteiger partial charge in [-0.05, 0) is 23.6 Å². The lowest BCUT2D eigenvalue weighted by Crippen LogP contribution is -2.28. The molecule has 0 spiro atoms. The molecular formula is C14H17F3O4. The van der Waals surface area contributed by atoms with Crippen LogP contribution >= 0.6 is 0 Å². The van der Waals surface area contributed by atoms with Gasteiger partial charge in [0.25, 0.3) is 0 Å². The van der Waals surface area contributed by atoms with Crippen LogP contribution in [0.5, 0.6) is 5.75 Å². The van der Waals surface area contributed by atoms with E-state index in [1.54, 1.807) is 13.8 Å². The van der Waals surface area contributed by atoms with Crippen molar-refractivity contribution in [1.29, 1.82) is 0 Å². The highest BCUT2D eigenvalue weighted by atomic mass is 19.4. The standard InChI is InChI=1S/C14H17F3O4/c1-8(2)11(13(19)20-3)12(18)9-4-6-10(7-5-9)21-14(15,16)17/h4-8,11-12,18H,1-3H3. The summed E-state index contributed by atoms with van der Waals surface area (Å²) in [4.78, 5) is 11.7. The molecule has 7 heteroatoms. The highest BCUT2D eigenvalue weighted by Crippen LogP contribution is 2.31. The zero-order chi connectivity index (χ0) is 16.2. The Morgan fingerprint density at radius 1 is 1.19 bits per heavy atom. The zero-order valence-electron chi connectivity index (χ0n) is 11.8. The summed E-state index contributed by atoms with van der Waals surface area (Å²) >= 11 is 0. The lowest BCUT2D eigenvalue weighted by atomic mass is 9.86. The molecule has 0 bridgehead atoms. The van der Waals surface area contributed by atoms with Crippen LogP contribution < -0.4 is 4.74 Å². The van der Waals surface area contributed by atoms with Crippen LogP contribution in [0.2, 0.25) is 0 Å². The van der Waals surface area contributed by atoms with E-state index in [4.69, 9.17) is 0 Å². The number of hydrogen-bond donors (Lipinski definition) is 1.